The molecule has 1 aromatic heterocycles. The Labute approximate surface area is 165 Å². The fourth-order valence-electron chi connectivity index (χ4n) is 2.09. The van der Waals surface area contributed by atoms with Gasteiger partial charge in [-0.25, -0.2) is 13.4 Å². The molecule has 0 unspecified atom stereocenters. The summed E-state index contributed by atoms with van der Waals surface area (Å²) in [7, 11) is -3.38. The maximum atomic E-state index is 12.7. The minimum Gasteiger partial charge on any atom is -0.438 e. The minimum absolute atomic E-state index is 0.195. The van der Waals surface area contributed by atoms with E-state index in [1.54, 1.807) is 30.3 Å². The Kier molecular flexibility index (Phi) is 6.96. The number of halogens is 3. The molecule has 0 aliphatic carbocycles. The molecule has 1 amide bonds. The van der Waals surface area contributed by atoms with Crippen molar-refractivity contribution >= 4 is 15.7 Å². The zero-order valence-electron chi connectivity index (χ0n) is 15.5. The van der Waals surface area contributed by atoms with Gasteiger partial charge in [0.25, 0.3) is 5.91 Å². The molecule has 29 heavy (non-hydrogen) atoms. The first-order valence-corrected chi connectivity index (χ1v) is 10.2. The number of hydrogen-bond acceptors (Lipinski definition) is 6. The third-order valence-corrected chi connectivity index (χ3v) is 3.99. The largest absolute Gasteiger partial charge is 0.438 e. The van der Waals surface area contributed by atoms with Gasteiger partial charge in [0.05, 0.1) is 0 Å². The highest BCUT2D eigenvalue weighted by molar-refractivity contribution is 7.93. The fourth-order valence-corrected chi connectivity index (χ4v) is 2.61. The van der Waals surface area contributed by atoms with Crippen LogP contribution in [0, 0.1) is 0 Å². The van der Waals surface area contributed by atoms with Crippen molar-refractivity contribution in [2.45, 2.75) is 25.6 Å². The number of rotatable bonds is 7. The molecule has 1 atom stereocenters. The third kappa shape index (κ3) is 7.90. The second-order valence-corrected chi connectivity index (χ2v) is 8.06. The standard InChI is InChI=1S/C18H18F3N3O4S/c1-12(8-9-29(2,26)27)23-16(25)14-11-22-15(10-18(19,20)21)24-17(14)28-13-6-4-3-5-7-13/h3-9,11-12H,10H2,1-2H3,(H,23,25)/b9-8+/t12-/m1/s1. The van der Waals surface area contributed by atoms with Crippen LogP contribution in [0.4, 0.5) is 13.2 Å². The van der Waals surface area contributed by atoms with E-state index in [-0.39, 0.29) is 17.2 Å². The maximum Gasteiger partial charge on any atom is 0.396 e. The monoisotopic (exact) mass is 429 g/mol. The molecular weight excluding hydrogens is 411 g/mol. The van der Waals surface area contributed by atoms with Crippen LogP contribution in [-0.4, -0.2) is 42.8 Å². The normalized spacial score (nSPS) is 13.3. The van der Waals surface area contributed by atoms with E-state index in [9.17, 15) is 26.4 Å². The van der Waals surface area contributed by atoms with Crippen LogP contribution in [0.15, 0.2) is 48.0 Å². The highest BCUT2D eigenvalue weighted by Gasteiger charge is 2.30. The van der Waals surface area contributed by atoms with Crippen molar-refractivity contribution in [1.29, 1.82) is 0 Å². The van der Waals surface area contributed by atoms with Gasteiger partial charge in [-0.05, 0) is 19.1 Å². The molecule has 1 aromatic carbocycles. The lowest BCUT2D eigenvalue weighted by atomic mass is 10.2. The average Bonchev–Trinajstić information content (AvgIpc) is 2.59. The molecule has 11 heteroatoms. The van der Waals surface area contributed by atoms with Gasteiger partial charge in [-0.2, -0.15) is 18.2 Å². The Morgan fingerprint density at radius 3 is 2.52 bits per heavy atom. The number of hydrogen-bond donors (Lipinski definition) is 1. The van der Waals surface area contributed by atoms with Gasteiger partial charge in [-0.3, -0.25) is 4.79 Å². The van der Waals surface area contributed by atoms with Crippen LogP contribution in [0.3, 0.4) is 0 Å². The van der Waals surface area contributed by atoms with Gasteiger partial charge in [0.15, 0.2) is 9.84 Å². The lowest BCUT2D eigenvalue weighted by Gasteiger charge is -2.14. The number of benzene rings is 1. The summed E-state index contributed by atoms with van der Waals surface area (Å²) in [5, 5.41) is 3.42. The number of nitrogens with zero attached hydrogens (tertiary/aromatic N) is 2. The lowest BCUT2D eigenvalue weighted by Crippen LogP contribution is -2.32. The number of aromatic nitrogens is 2. The smallest absolute Gasteiger partial charge is 0.396 e. The number of nitrogens with one attached hydrogen (secondary N) is 1. The lowest BCUT2D eigenvalue weighted by molar-refractivity contribution is -0.128. The molecule has 2 rings (SSSR count). The van der Waals surface area contributed by atoms with E-state index in [4.69, 9.17) is 4.74 Å². The molecule has 156 valence electrons. The Hall–Kier alpha value is -2.95. The van der Waals surface area contributed by atoms with E-state index in [0.29, 0.717) is 0 Å². The van der Waals surface area contributed by atoms with Crippen molar-refractivity contribution in [2.24, 2.45) is 0 Å². The summed E-state index contributed by atoms with van der Waals surface area (Å²) in [6.45, 7) is 1.52. The molecule has 2 aromatic rings. The van der Waals surface area contributed by atoms with Gasteiger partial charge in [-0.1, -0.05) is 24.3 Å². The number of carbonyl (C=O) groups excluding carboxylic acids is 1. The molecular formula is C18H18F3N3O4S. The van der Waals surface area contributed by atoms with Gasteiger partial charge in [-0.15, -0.1) is 0 Å². The van der Waals surface area contributed by atoms with Crippen molar-refractivity contribution in [2.75, 3.05) is 6.26 Å². The first kappa shape index (κ1) is 22.3. The molecule has 0 bridgehead atoms. The van der Waals surface area contributed by atoms with Gasteiger partial charge < -0.3 is 10.1 Å². The van der Waals surface area contributed by atoms with Gasteiger partial charge >= 0.3 is 6.18 Å². The number of carbonyl (C=O) groups is 1. The van der Waals surface area contributed by atoms with Crippen LogP contribution >= 0.6 is 0 Å². The van der Waals surface area contributed by atoms with E-state index < -0.39 is 40.2 Å². The molecule has 0 spiro atoms. The first-order valence-electron chi connectivity index (χ1n) is 8.27. The summed E-state index contributed by atoms with van der Waals surface area (Å²) in [5.41, 5.74) is -0.195. The number of ether oxygens (including phenoxy) is 1. The van der Waals surface area contributed by atoms with Crippen LogP contribution in [-0.2, 0) is 16.3 Å². The summed E-state index contributed by atoms with van der Waals surface area (Å²) in [5.74, 6) is -1.37. The zero-order valence-corrected chi connectivity index (χ0v) is 16.3. The Bertz CT molecular complexity index is 993. The number of amides is 1. The molecule has 7 nitrogen and oxygen atoms in total. The number of para-hydroxylation sites is 1. The van der Waals surface area contributed by atoms with Crippen molar-refractivity contribution in [3.8, 4) is 11.6 Å². The van der Waals surface area contributed by atoms with Gasteiger partial charge in [0.2, 0.25) is 5.88 Å². The fraction of sp³-hybridized carbons (Fsp3) is 0.278. The van der Waals surface area contributed by atoms with Gasteiger partial charge in [0, 0.05) is 23.9 Å². The summed E-state index contributed by atoms with van der Waals surface area (Å²) < 4.78 is 65.8. The Morgan fingerprint density at radius 2 is 1.93 bits per heavy atom. The first-order chi connectivity index (χ1) is 13.4. The van der Waals surface area contributed by atoms with Crippen LogP contribution in [0.2, 0.25) is 0 Å². The van der Waals surface area contributed by atoms with Crippen LogP contribution in [0.5, 0.6) is 11.6 Å². The third-order valence-electron chi connectivity index (χ3n) is 3.34. The van der Waals surface area contributed by atoms with E-state index in [1.807, 2.05) is 0 Å². The van der Waals surface area contributed by atoms with Crippen LogP contribution in [0.1, 0.15) is 23.1 Å². The van der Waals surface area contributed by atoms with Gasteiger partial charge in [0.1, 0.15) is 23.6 Å². The van der Waals surface area contributed by atoms with Crippen molar-refractivity contribution in [3.63, 3.8) is 0 Å². The second kappa shape index (κ2) is 9.03. The highest BCUT2D eigenvalue weighted by atomic mass is 32.2. The Balaban J connectivity index is 2.31. The molecule has 0 aliphatic rings. The Morgan fingerprint density at radius 1 is 1.28 bits per heavy atom. The highest BCUT2D eigenvalue weighted by Crippen LogP contribution is 2.25. The summed E-state index contributed by atoms with van der Waals surface area (Å²) in [4.78, 5) is 19.8. The second-order valence-electron chi connectivity index (χ2n) is 6.13. The summed E-state index contributed by atoms with van der Waals surface area (Å²) >= 11 is 0. The minimum atomic E-state index is -4.53. The summed E-state index contributed by atoms with van der Waals surface area (Å²) in [6.07, 6.45) is -2.72. The van der Waals surface area contributed by atoms with Crippen molar-refractivity contribution in [1.82, 2.24) is 15.3 Å². The maximum absolute atomic E-state index is 12.7. The summed E-state index contributed by atoms with van der Waals surface area (Å²) in [6, 6.07) is 7.41. The van der Waals surface area contributed by atoms with E-state index in [1.165, 1.54) is 13.0 Å². The van der Waals surface area contributed by atoms with E-state index >= 15 is 0 Å². The van der Waals surface area contributed by atoms with Crippen LogP contribution < -0.4 is 10.1 Å². The molecule has 0 radical (unpaired) electrons. The quantitative estimate of drug-likeness (QED) is 0.727. The van der Waals surface area contributed by atoms with Crippen molar-refractivity contribution in [3.05, 3.63) is 59.4 Å². The number of sulfone groups is 1. The molecule has 0 saturated carbocycles. The van der Waals surface area contributed by atoms with E-state index in [2.05, 4.69) is 15.3 Å². The number of alkyl halides is 3. The molecule has 0 saturated heterocycles. The zero-order chi connectivity index (χ0) is 21.7. The van der Waals surface area contributed by atoms with Crippen LogP contribution in [0.25, 0.3) is 0 Å². The SMILES string of the molecule is C[C@H](/C=C/S(C)(=O)=O)NC(=O)c1cnc(CC(F)(F)F)nc1Oc1ccccc1. The predicted octanol–water partition coefficient (Wildman–Crippen LogP) is 3.05. The molecule has 1 N–H and O–H groups in total. The predicted molar refractivity (Wildman–Crippen MR) is 99.2 cm³/mol. The molecule has 0 aliphatic heterocycles. The van der Waals surface area contributed by atoms with E-state index in [0.717, 1.165) is 17.9 Å². The molecule has 0 fully saturated rings. The molecule has 1 heterocycles. The topological polar surface area (TPSA) is 98.2 Å². The van der Waals surface area contributed by atoms with Crippen molar-refractivity contribution < 1.29 is 31.1 Å². The average molecular weight is 429 g/mol.